The van der Waals surface area contributed by atoms with Gasteiger partial charge in [0.1, 0.15) is 11.6 Å². The second-order valence-electron chi connectivity index (χ2n) is 8.63. The maximum Gasteiger partial charge on any atom is 0.150 e. The van der Waals surface area contributed by atoms with Gasteiger partial charge in [0.2, 0.25) is 0 Å². The molecule has 1 unspecified atom stereocenters. The van der Waals surface area contributed by atoms with Crippen molar-refractivity contribution in [2.24, 2.45) is 0 Å². The molecule has 0 aliphatic heterocycles. The van der Waals surface area contributed by atoms with Crippen LogP contribution in [0.4, 0.5) is 5.82 Å². The van der Waals surface area contributed by atoms with Crippen LogP contribution in [0.15, 0.2) is 16.6 Å². The fourth-order valence-corrected chi connectivity index (χ4v) is 5.55. The van der Waals surface area contributed by atoms with E-state index in [9.17, 15) is 0 Å². The zero-order valence-corrected chi connectivity index (χ0v) is 22.0. The molecule has 0 spiro atoms. The van der Waals surface area contributed by atoms with E-state index in [1.54, 1.807) is 0 Å². The van der Waals surface area contributed by atoms with Crippen LogP contribution in [0.3, 0.4) is 0 Å². The summed E-state index contributed by atoms with van der Waals surface area (Å²) in [5.74, 6) is 1.80. The van der Waals surface area contributed by atoms with E-state index in [1.165, 1.54) is 28.1 Å². The maximum absolute atomic E-state index is 8.99. The van der Waals surface area contributed by atoms with Gasteiger partial charge in [-0.3, -0.25) is 4.57 Å². The second kappa shape index (κ2) is 10.0. The molecule has 1 aromatic carbocycles. The van der Waals surface area contributed by atoms with E-state index >= 15 is 0 Å². The largest absolute Gasteiger partial charge is 0.353 e. The monoisotopic (exact) mass is 495 g/mol. The molecule has 0 saturated carbocycles. The van der Waals surface area contributed by atoms with Gasteiger partial charge in [-0.2, -0.15) is 5.26 Å². The van der Waals surface area contributed by atoms with E-state index < -0.39 is 0 Å². The number of halogens is 1. The van der Waals surface area contributed by atoms with E-state index in [0.29, 0.717) is 12.5 Å². The van der Waals surface area contributed by atoms with Crippen LogP contribution in [0.25, 0.3) is 16.7 Å². The first kappa shape index (κ1) is 24.3. The number of benzene rings is 1. The predicted octanol–water partition coefficient (Wildman–Crippen LogP) is 7.02. The lowest BCUT2D eigenvalue weighted by atomic mass is 10.0. The maximum atomic E-state index is 8.99. The zero-order valence-electron chi connectivity index (χ0n) is 20.4. The van der Waals surface area contributed by atoms with Crippen LogP contribution >= 0.6 is 15.9 Å². The smallest absolute Gasteiger partial charge is 0.150 e. The van der Waals surface area contributed by atoms with Crippen LogP contribution in [-0.2, 0) is 0 Å². The molecule has 0 radical (unpaired) electrons. The summed E-state index contributed by atoms with van der Waals surface area (Å²) in [6.45, 7) is 15.9. The van der Waals surface area contributed by atoms with Gasteiger partial charge in [0.15, 0.2) is 5.65 Å². The summed E-state index contributed by atoms with van der Waals surface area (Å²) in [4.78, 5) is 12.3. The molecule has 0 saturated heterocycles. The highest BCUT2D eigenvalue weighted by atomic mass is 79.9. The van der Waals surface area contributed by atoms with Crippen LogP contribution in [0, 0.1) is 45.9 Å². The third-order valence-corrected chi connectivity index (χ3v) is 6.94. The van der Waals surface area contributed by atoms with Crippen molar-refractivity contribution in [1.29, 1.82) is 5.26 Å². The predicted molar refractivity (Wildman–Crippen MR) is 137 cm³/mol. The van der Waals surface area contributed by atoms with Crippen LogP contribution in [0.5, 0.6) is 0 Å². The van der Waals surface area contributed by atoms with Crippen molar-refractivity contribution >= 4 is 32.8 Å². The molecule has 1 atom stereocenters. The minimum atomic E-state index is 0.352. The second-order valence-corrected chi connectivity index (χ2v) is 9.54. The summed E-state index contributed by atoms with van der Waals surface area (Å²) >= 11 is 3.63. The minimum Gasteiger partial charge on any atom is -0.353 e. The fourth-order valence-electron chi connectivity index (χ4n) is 4.86. The highest BCUT2D eigenvalue weighted by Gasteiger charge is 2.25. The average Bonchev–Trinajstić information content (AvgIpc) is 2.97. The average molecular weight is 496 g/mol. The zero-order chi connectivity index (χ0) is 23.6. The van der Waals surface area contributed by atoms with E-state index in [4.69, 9.17) is 15.2 Å². The number of nitrogens with zero attached hydrogens (tertiary/aromatic N) is 5. The van der Waals surface area contributed by atoms with Crippen molar-refractivity contribution < 1.29 is 0 Å². The van der Waals surface area contributed by atoms with Crippen LogP contribution < -0.4 is 4.90 Å². The molecule has 0 aliphatic carbocycles. The van der Waals surface area contributed by atoms with Gasteiger partial charge < -0.3 is 4.90 Å². The topological polar surface area (TPSA) is 57.7 Å². The van der Waals surface area contributed by atoms with Crippen molar-refractivity contribution in [3.8, 4) is 11.8 Å². The van der Waals surface area contributed by atoms with E-state index in [0.717, 1.165) is 53.0 Å². The molecule has 5 nitrogen and oxygen atoms in total. The summed E-state index contributed by atoms with van der Waals surface area (Å²) in [6.07, 6.45) is 3.53. The van der Waals surface area contributed by atoms with Gasteiger partial charge in [0.05, 0.1) is 17.1 Å². The standard InChI is InChI=1S/C26H34BrN5/c1-8-22(12-10-11-13-28)31(9-2)25-23-18(5)19(6)32(26(23)30-20(7)29-25)24-16(3)14-21(27)15-17(24)4/h14-15,22H,8-12H2,1-7H3. The van der Waals surface area contributed by atoms with Gasteiger partial charge in [0, 0.05) is 29.2 Å². The molecule has 0 bridgehead atoms. The van der Waals surface area contributed by atoms with Crippen molar-refractivity contribution in [2.75, 3.05) is 11.4 Å². The van der Waals surface area contributed by atoms with Crippen LogP contribution in [0.2, 0.25) is 0 Å². The normalized spacial score (nSPS) is 12.2. The number of unbranched alkanes of at least 4 members (excludes halogenated alkanes) is 1. The number of hydrogen-bond donors (Lipinski definition) is 0. The van der Waals surface area contributed by atoms with Gasteiger partial charge in [-0.05, 0) is 89.6 Å². The fraction of sp³-hybridized carbons (Fsp3) is 0.500. The van der Waals surface area contributed by atoms with Crippen LogP contribution in [0.1, 0.15) is 67.7 Å². The molecule has 0 fully saturated rings. The Morgan fingerprint density at radius 2 is 1.75 bits per heavy atom. The number of anilines is 1. The van der Waals surface area contributed by atoms with Gasteiger partial charge >= 0.3 is 0 Å². The van der Waals surface area contributed by atoms with Crippen molar-refractivity contribution in [2.45, 2.75) is 80.2 Å². The molecule has 0 aliphatic rings. The molecular weight excluding hydrogens is 462 g/mol. The van der Waals surface area contributed by atoms with Crippen LogP contribution in [-0.4, -0.2) is 27.1 Å². The Kier molecular flexibility index (Phi) is 7.61. The minimum absolute atomic E-state index is 0.352. The summed E-state index contributed by atoms with van der Waals surface area (Å²) < 4.78 is 3.40. The highest BCUT2D eigenvalue weighted by Crippen LogP contribution is 2.37. The molecule has 3 aromatic rings. The molecule has 2 aromatic heterocycles. The Bertz CT molecular complexity index is 1150. The Morgan fingerprint density at radius 3 is 2.31 bits per heavy atom. The summed E-state index contributed by atoms with van der Waals surface area (Å²) in [7, 11) is 0. The summed E-state index contributed by atoms with van der Waals surface area (Å²) in [6, 6.07) is 6.97. The third-order valence-electron chi connectivity index (χ3n) is 6.48. The lowest BCUT2D eigenvalue weighted by Gasteiger charge is -2.32. The Labute approximate surface area is 200 Å². The molecule has 0 N–H and O–H groups in total. The molecule has 170 valence electrons. The molecule has 2 heterocycles. The lowest BCUT2D eigenvalue weighted by molar-refractivity contribution is 0.524. The number of nitriles is 1. The first-order chi connectivity index (χ1) is 15.2. The van der Waals surface area contributed by atoms with E-state index in [2.05, 4.69) is 85.1 Å². The quantitative estimate of drug-likeness (QED) is 0.314. The van der Waals surface area contributed by atoms with Gasteiger partial charge in [-0.1, -0.05) is 22.9 Å². The van der Waals surface area contributed by atoms with Gasteiger partial charge in [-0.25, -0.2) is 9.97 Å². The lowest BCUT2D eigenvalue weighted by Crippen LogP contribution is -2.36. The third kappa shape index (κ3) is 4.41. The number of aryl methyl sites for hydroxylation is 4. The highest BCUT2D eigenvalue weighted by molar-refractivity contribution is 9.10. The number of fused-ring (bicyclic) bond motifs is 1. The SMILES string of the molecule is CCC(CCCC#N)N(CC)c1nc(C)nc2c1c(C)c(C)n2-c1c(C)cc(Br)cc1C. The van der Waals surface area contributed by atoms with Crippen molar-refractivity contribution in [3.05, 3.63) is 44.8 Å². The van der Waals surface area contributed by atoms with Crippen molar-refractivity contribution in [1.82, 2.24) is 14.5 Å². The van der Waals surface area contributed by atoms with E-state index in [-0.39, 0.29) is 0 Å². The first-order valence-electron chi connectivity index (χ1n) is 11.5. The Morgan fingerprint density at radius 1 is 1.09 bits per heavy atom. The number of aromatic nitrogens is 3. The summed E-state index contributed by atoms with van der Waals surface area (Å²) in [5.41, 5.74) is 7.01. The first-order valence-corrected chi connectivity index (χ1v) is 12.3. The van der Waals surface area contributed by atoms with Gasteiger partial charge in [-0.15, -0.1) is 0 Å². The Balaban J connectivity index is 2.28. The summed E-state index contributed by atoms with van der Waals surface area (Å²) in [5, 5.41) is 10.1. The molecule has 0 amide bonds. The molecule has 32 heavy (non-hydrogen) atoms. The van der Waals surface area contributed by atoms with Gasteiger partial charge in [0.25, 0.3) is 0 Å². The molecular formula is C26H34BrN5. The Hall–Kier alpha value is -2.39. The number of rotatable bonds is 8. The van der Waals surface area contributed by atoms with E-state index in [1.807, 2.05) is 6.92 Å². The molecule has 3 rings (SSSR count). The number of hydrogen-bond acceptors (Lipinski definition) is 4. The molecule has 6 heteroatoms. The van der Waals surface area contributed by atoms with Crippen molar-refractivity contribution in [3.63, 3.8) is 0 Å².